The van der Waals surface area contributed by atoms with Gasteiger partial charge in [0.25, 0.3) is 0 Å². The van der Waals surface area contributed by atoms with Crippen molar-refractivity contribution < 1.29 is 4.74 Å². The normalized spacial score (nSPS) is 10.7. The Balaban J connectivity index is 2.42. The summed E-state index contributed by atoms with van der Waals surface area (Å²) in [6.07, 6.45) is 1.01. The summed E-state index contributed by atoms with van der Waals surface area (Å²) in [6.45, 7) is 8.79. The van der Waals surface area contributed by atoms with E-state index in [0.717, 1.165) is 18.5 Å². The van der Waals surface area contributed by atoms with Crippen molar-refractivity contribution in [2.24, 2.45) is 0 Å². The number of aryl methyl sites for hydroxylation is 1. The van der Waals surface area contributed by atoms with E-state index < -0.39 is 0 Å². The van der Waals surface area contributed by atoms with E-state index in [1.807, 2.05) is 32.9 Å². The third-order valence-corrected chi connectivity index (χ3v) is 2.88. The summed E-state index contributed by atoms with van der Waals surface area (Å²) in [4.78, 5) is 13.2. The molecule has 2 rings (SSSR count). The number of rotatable bonds is 6. The minimum Gasteiger partial charge on any atom is -0.461 e. The second kappa shape index (κ2) is 7.02. The topological polar surface area (TPSA) is 59.9 Å². The van der Waals surface area contributed by atoms with E-state index in [0.29, 0.717) is 17.8 Å². The van der Waals surface area contributed by atoms with Crippen molar-refractivity contribution in [3.05, 3.63) is 29.8 Å². The lowest BCUT2D eigenvalue weighted by molar-refractivity contribution is 0.222. The quantitative estimate of drug-likeness (QED) is 0.882. The fourth-order valence-electron chi connectivity index (χ4n) is 1.92. The molecule has 0 bridgehead atoms. The summed E-state index contributed by atoms with van der Waals surface area (Å²) >= 11 is 0. The molecule has 2 aromatic rings. The first-order chi connectivity index (χ1) is 10.1. The van der Waals surface area contributed by atoms with Crippen molar-refractivity contribution in [1.82, 2.24) is 15.0 Å². The molecule has 0 spiro atoms. The molecule has 0 fully saturated rings. The Morgan fingerprint density at radius 1 is 1.14 bits per heavy atom. The first-order valence-corrected chi connectivity index (χ1v) is 7.38. The van der Waals surface area contributed by atoms with Crippen LogP contribution in [0.5, 0.6) is 6.01 Å². The van der Waals surface area contributed by atoms with Crippen LogP contribution in [0.15, 0.2) is 24.3 Å². The van der Waals surface area contributed by atoms with E-state index in [4.69, 9.17) is 4.74 Å². The summed E-state index contributed by atoms with van der Waals surface area (Å²) in [6, 6.07) is 8.58. The van der Waals surface area contributed by atoms with E-state index in [1.165, 1.54) is 5.56 Å². The van der Waals surface area contributed by atoms with Crippen LogP contribution in [-0.2, 0) is 6.42 Å². The molecule has 5 nitrogen and oxygen atoms in total. The van der Waals surface area contributed by atoms with Gasteiger partial charge in [0.1, 0.15) is 0 Å². The Bertz CT molecular complexity index is 599. The molecular formula is C16H22N4O. The zero-order valence-electron chi connectivity index (χ0n) is 13.1. The molecule has 0 radical (unpaired) electrons. The molecule has 0 saturated carbocycles. The summed E-state index contributed by atoms with van der Waals surface area (Å²) in [5.74, 6) is 1.17. The van der Waals surface area contributed by atoms with Gasteiger partial charge in [-0.15, -0.1) is 0 Å². The molecule has 21 heavy (non-hydrogen) atoms. The Hall–Kier alpha value is -2.17. The van der Waals surface area contributed by atoms with Gasteiger partial charge < -0.3 is 10.1 Å². The van der Waals surface area contributed by atoms with E-state index in [1.54, 1.807) is 0 Å². The third kappa shape index (κ3) is 4.15. The number of hydrogen-bond acceptors (Lipinski definition) is 5. The minimum atomic E-state index is 0.0247. The molecule has 5 heteroatoms. The average Bonchev–Trinajstić information content (AvgIpc) is 2.46. The van der Waals surface area contributed by atoms with Crippen molar-refractivity contribution in [2.45, 2.75) is 40.2 Å². The molecule has 1 N–H and O–H groups in total. The summed E-state index contributed by atoms with van der Waals surface area (Å²) < 4.78 is 5.62. The van der Waals surface area contributed by atoms with Gasteiger partial charge in [0.2, 0.25) is 5.95 Å². The zero-order chi connectivity index (χ0) is 15.2. The van der Waals surface area contributed by atoms with Crippen LogP contribution in [0, 0.1) is 0 Å². The van der Waals surface area contributed by atoms with Gasteiger partial charge in [-0.2, -0.15) is 15.0 Å². The first-order valence-electron chi connectivity index (χ1n) is 7.38. The van der Waals surface area contributed by atoms with E-state index in [2.05, 4.69) is 39.3 Å². The van der Waals surface area contributed by atoms with Crippen LogP contribution in [-0.4, -0.2) is 27.6 Å². The fourth-order valence-corrected chi connectivity index (χ4v) is 1.92. The smallest absolute Gasteiger partial charge is 0.322 e. The number of nitrogens with one attached hydrogen (secondary N) is 1. The van der Waals surface area contributed by atoms with Crippen LogP contribution >= 0.6 is 0 Å². The molecule has 0 unspecified atom stereocenters. The largest absolute Gasteiger partial charge is 0.461 e. The Morgan fingerprint density at radius 2 is 1.95 bits per heavy atom. The highest BCUT2D eigenvalue weighted by atomic mass is 16.5. The monoisotopic (exact) mass is 286 g/mol. The Labute approximate surface area is 125 Å². The SMILES string of the molecule is CCNc1nc(OC(C)C)nc(-c2cccc(CC)c2)n1. The van der Waals surface area contributed by atoms with Crippen LogP contribution in [0.25, 0.3) is 11.4 Å². The number of hydrogen-bond donors (Lipinski definition) is 1. The van der Waals surface area contributed by atoms with Crippen molar-refractivity contribution >= 4 is 5.95 Å². The second-order valence-corrected chi connectivity index (χ2v) is 5.02. The number of anilines is 1. The molecular weight excluding hydrogens is 264 g/mol. The average molecular weight is 286 g/mol. The second-order valence-electron chi connectivity index (χ2n) is 5.02. The minimum absolute atomic E-state index is 0.0247. The maximum absolute atomic E-state index is 5.62. The molecule has 0 atom stereocenters. The van der Waals surface area contributed by atoms with E-state index in [9.17, 15) is 0 Å². The van der Waals surface area contributed by atoms with Gasteiger partial charge in [-0.1, -0.05) is 25.1 Å². The number of benzene rings is 1. The van der Waals surface area contributed by atoms with Gasteiger partial charge in [0, 0.05) is 12.1 Å². The number of aromatic nitrogens is 3. The van der Waals surface area contributed by atoms with Crippen LogP contribution in [0.1, 0.15) is 33.3 Å². The van der Waals surface area contributed by atoms with Gasteiger partial charge in [-0.25, -0.2) is 0 Å². The van der Waals surface area contributed by atoms with Crippen LogP contribution in [0.4, 0.5) is 5.95 Å². The number of nitrogens with zero attached hydrogens (tertiary/aromatic N) is 3. The van der Waals surface area contributed by atoms with Crippen LogP contribution < -0.4 is 10.1 Å². The zero-order valence-corrected chi connectivity index (χ0v) is 13.1. The first kappa shape index (κ1) is 15.2. The standard InChI is InChI=1S/C16H22N4O/c1-5-12-8-7-9-13(10-12)14-18-15(17-6-2)20-16(19-14)21-11(3)4/h7-11H,5-6H2,1-4H3,(H,17,18,19,20). The third-order valence-electron chi connectivity index (χ3n) is 2.88. The van der Waals surface area contributed by atoms with Gasteiger partial charge in [0.15, 0.2) is 5.82 Å². The number of ether oxygens (including phenoxy) is 1. The lowest BCUT2D eigenvalue weighted by Gasteiger charge is -2.11. The lowest BCUT2D eigenvalue weighted by Crippen LogP contribution is -2.12. The highest BCUT2D eigenvalue weighted by Crippen LogP contribution is 2.20. The van der Waals surface area contributed by atoms with E-state index >= 15 is 0 Å². The maximum Gasteiger partial charge on any atom is 0.322 e. The molecule has 1 aromatic heterocycles. The molecule has 0 aliphatic heterocycles. The van der Waals surface area contributed by atoms with Crippen molar-refractivity contribution in [3.8, 4) is 17.4 Å². The van der Waals surface area contributed by atoms with Gasteiger partial charge in [-0.3, -0.25) is 0 Å². The van der Waals surface area contributed by atoms with Crippen molar-refractivity contribution in [1.29, 1.82) is 0 Å². The van der Waals surface area contributed by atoms with Gasteiger partial charge in [0.05, 0.1) is 6.10 Å². The fraction of sp³-hybridized carbons (Fsp3) is 0.438. The Kier molecular flexibility index (Phi) is 5.09. The van der Waals surface area contributed by atoms with Crippen LogP contribution in [0.3, 0.4) is 0 Å². The highest BCUT2D eigenvalue weighted by molar-refractivity contribution is 5.57. The molecule has 0 saturated heterocycles. The van der Waals surface area contributed by atoms with Gasteiger partial charge in [-0.05, 0) is 38.8 Å². The molecule has 0 aliphatic rings. The molecule has 0 amide bonds. The predicted octanol–water partition coefficient (Wildman–Crippen LogP) is 3.32. The molecule has 112 valence electrons. The highest BCUT2D eigenvalue weighted by Gasteiger charge is 2.10. The predicted molar refractivity (Wildman–Crippen MR) is 84.6 cm³/mol. The molecule has 1 heterocycles. The summed E-state index contributed by atoms with van der Waals surface area (Å²) in [7, 11) is 0. The summed E-state index contributed by atoms with van der Waals surface area (Å²) in [5, 5.41) is 3.12. The van der Waals surface area contributed by atoms with Gasteiger partial charge >= 0.3 is 6.01 Å². The summed E-state index contributed by atoms with van der Waals surface area (Å²) in [5.41, 5.74) is 2.23. The lowest BCUT2D eigenvalue weighted by atomic mass is 10.1. The van der Waals surface area contributed by atoms with Crippen molar-refractivity contribution in [2.75, 3.05) is 11.9 Å². The Morgan fingerprint density at radius 3 is 2.62 bits per heavy atom. The van der Waals surface area contributed by atoms with E-state index in [-0.39, 0.29) is 6.10 Å². The van der Waals surface area contributed by atoms with Crippen LogP contribution in [0.2, 0.25) is 0 Å². The molecule has 0 aliphatic carbocycles. The van der Waals surface area contributed by atoms with Crippen molar-refractivity contribution in [3.63, 3.8) is 0 Å². The molecule has 1 aromatic carbocycles. The maximum atomic E-state index is 5.62.